The number of rotatable bonds is 5. The number of fused-ring (bicyclic) bond motifs is 7. The molecule has 8 nitrogen and oxygen atoms in total. The van der Waals surface area contributed by atoms with Gasteiger partial charge in [-0.15, -0.1) is 0 Å². The fourth-order valence-corrected chi connectivity index (χ4v) is 6.48. The minimum Gasteiger partial charge on any atom is -0.454 e. The van der Waals surface area contributed by atoms with Crippen LogP contribution >= 0.6 is 0 Å². The molecule has 8 heteroatoms. The van der Waals surface area contributed by atoms with Crippen molar-refractivity contribution < 1.29 is 19.0 Å². The fourth-order valence-electron chi connectivity index (χ4n) is 6.48. The Morgan fingerprint density at radius 2 is 1.70 bits per heavy atom. The van der Waals surface area contributed by atoms with Gasteiger partial charge in [0.25, 0.3) is 0 Å². The number of nitrogens with zero attached hydrogens (tertiary/aromatic N) is 3. The summed E-state index contributed by atoms with van der Waals surface area (Å²) in [6, 6.07) is 3.80. The molecule has 1 N–H and O–H groups in total. The van der Waals surface area contributed by atoms with Crippen LogP contribution in [0.1, 0.15) is 51.4 Å². The third-order valence-corrected chi connectivity index (χ3v) is 8.96. The van der Waals surface area contributed by atoms with Gasteiger partial charge >= 0.3 is 0 Å². The Kier molecular flexibility index (Phi) is 4.65. The molecule has 33 heavy (non-hydrogen) atoms. The number of carbonyl (C=O) groups is 1. The lowest BCUT2D eigenvalue weighted by Gasteiger charge is -2.39. The van der Waals surface area contributed by atoms with Gasteiger partial charge in [-0.05, 0) is 31.2 Å². The van der Waals surface area contributed by atoms with Crippen molar-refractivity contribution in [2.24, 2.45) is 5.41 Å². The van der Waals surface area contributed by atoms with E-state index in [-0.39, 0.29) is 23.5 Å². The Balaban J connectivity index is 1.31. The maximum atomic E-state index is 13.9. The molecule has 0 spiro atoms. The number of amides is 1. The number of morpholine rings is 1. The minimum absolute atomic E-state index is 0.0892. The van der Waals surface area contributed by atoms with Gasteiger partial charge in [0.15, 0.2) is 11.5 Å². The van der Waals surface area contributed by atoms with Crippen LogP contribution in [0.3, 0.4) is 0 Å². The molecule has 4 aliphatic rings. The molecule has 2 unspecified atom stereocenters. The Morgan fingerprint density at radius 3 is 2.39 bits per heavy atom. The third-order valence-electron chi connectivity index (χ3n) is 8.96. The van der Waals surface area contributed by atoms with Crippen LogP contribution in [0, 0.1) is 5.41 Å². The number of hydrogen-bond acceptors (Lipinski definition) is 7. The first kappa shape index (κ1) is 21.1. The molecule has 2 fully saturated rings. The van der Waals surface area contributed by atoms with Crippen molar-refractivity contribution in [2.45, 2.75) is 50.9 Å². The molecule has 1 aromatic heterocycles. The summed E-state index contributed by atoms with van der Waals surface area (Å²) in [6.07, 6.45) is 2.65. The Hall–Kier alpha value is -2.45. The number of hydrogen-bond donors (Lipinski definition) is 1. The lowest BCUT2D eigenvalue weighted by Crippen LogP contribution is -2.51. The van der Waals surface area contributed by atoms with E-state index in [1.807, 2.05) is 12.1 Å². The van der Waals surface area contributed by atoms with Crippen molar-refractivity contribution in [3.63, 3.8) is 0 Å². The zero-order valence-electron chi connectivity index (χ0n) is 19.7. The molecular weight excluding hydrogens is 420 g/mol. The van der Waals surface area contributed by atoms with E-state index in [0.717, 1.165) is 74.5 Å². The van der Waals surface area contributed by atoms with E-state index in [1.54, 1.807) is 0 Å². The monoisotopic (exact) mass is 452 g/mol. The van der Waals surface area contributed by atoms with E-state index in [4.69, 9.17) is 24.2 Å². The van der Waals surface area contributed by atoms with Gasteiger partial charge in [-0.25, -0.2) is 9.97 Å². The summed E-state index contributed by atoms with van der Waals surface area (Å²) in [6.45, 7) is 12.1. The van der Waals surface area contributed by atoms with Crippen LogP contribution in [-0.4, -0.2) is 67.0 Å². The van der Waals surface area contributed by atoms with Crippen LogP contribution < -0.4 is 14.8 Å². The van der Waals surface area contributed by atoms with Gasteiger partial charge in [-0.3, -0.25) is 9.69 Å². The quantitative estimate of drug-likeness (QED) is 0.698. The fraction of sp³-hybridized carbons (Fsp3) is 0.640. The van der Waals surface area contributed by atoms with Crippen molar-refractivity contribution in [3.05, 3.63) is 23.5 Å². The molecule has 2 bridgehead atoms. The van der Waals surface area contributed by atoms with Crippen LogP contribution in [0.2, 0.25) is 0 Å². The highest BCUT2D eigenvalue weighted by atomic mass is 16.7. The number of aromatic nitrogens is 2. The van der Waals surface area contributed by atoms with E-state index in [0.29, 0.717) is 18.0 Å². The molecule has 6 rings (SSSR count). The molecular formula is C25H32N4O4. The molecule has 1 saturated heterocycles. The van der Waals surface area contributed by atoms with Crippen molar-refractivity contribution in [3.8, 4) is 11.5 Å². The predicted molar refractivity (Wildman–Crippen MR) is 123 cm³/mol. The van der Waals surface area contributed by atoms with Gasteiger partial charge < -0.3 is 19.5 Å². The average Bonchev–Trinajstić information content (AvgIpc) is 3.39. The van der Waals surface area contributed by atoms with E-state index in [9.17, 15) is 4.79 Å². The highest BCUT2D eigenvalue weighted by Crippen LogP contribution is 2.70. The normalized spacial score (nSPS) is 29.4. The summed E-state index contributed by atoms with van der Waals surface area (Å²) in [5, 5.41) is 3.28. The maximum Gasteiger partial charge on any atom is 0.232 e. The number of benzene rings is 1. The first-order valence-electron chi connectivity index (χ1n) is 12.1. The molecule has 2 atom stereocenters. The van der Waals surface area contributed by atoms with E-state index in [2.05, 4.69) is 31.0 Å². The molecule has 2 aliphatic heterocycles. The lowest BCUT2D eigenvalue weighted by atomic mass is 9.63. The zero-order chi connectivity index (χ0) is 22.8. The predicted octanol–water partition coefficient (Wildman–Crippen LogP) is 2.53. The molecule has 2 aliphatic carbocycles. The molecule has 1 amide bonds. The van der Waals surface area contributed by atoms with Crippen LogP contribution in [0.4, 0.5) is 0 Å². The Labute approximate surface area is 194 Å². The second-order valence-corrected chi connectivity index (χ2v) is 10.5. The van der Waals surface area contributed by atoms with Crippen molar-refractivity contribution in [1.82, 2.24) is 20.2 Å². The molecule has 0 radical (unpaired) electrons. The van der Waals surface area contributed by atoms with E-state index in [1.165, 1.54) is 0 Å². The minimum atomic E-state index is -0.673. The topological polar surface area (TPSA) is 85.8 Å². The first-order chi connectivity index (χ1) is 15.9. The van der Waals surface area contributed by atoms with Crippen molar-refractivity contribution >= 4 is 16.9 Å². The van der Waals surface area contributed by atoms with Gasteiger partial charge in [-0.2, -0.15) is 0 Å². The lowest BCUT2D eigenvalue weighted by molar-refractivity contribution is -0.130. The van der Waals surface area contributed by atoms with Crippen LogP contribution in [0.5, 0.6) is 11.5 Å². The number of ether oxygens (including phenoxy) is 3. The average molecular weight is 453 g/mol. The summed E-state index contributed by atoms with van der Waals surface area (Å²) >= 11 is 0. The van der Waals surface area contributed by atoms with Crippen LogP contribution in [0.25, 0.3) is 11.0 Å². The summed E-state index contributed by atoms with van der Waals surface area (Å²) in [5.41, 5.74) is 2.20. The maximum absolute atomic E-state index is 13.9. The summed E-state index contributed by atoms with van der Waals surface area (Å²) in [7, 11) is 0. The van der Waals surface area contributed by atoms with E-state index < -0.39 is 5.41 Å². The SMILES string of the molecule is CC12CCC(C(=O)NCCCN3CCOCC3)(c3nc4cc5c(cc4nc31)OCO5)C2(C)C. The van der Waals surface area contributed by atoms with Crippen molar-refractivity contribution in [1.29, 1.82) is 0 Å². The zero-order valence-corrected chi connectivity index (χ0v) is 19.7. The molecule has 2 aromatic rings. The molecule has 3 heterocycles. The summed E-state index contributed by atoms with van der Waals surface area (Å²) in [5.74, 6) is 1.48. The number of carbonyl (C=O) groups excluding carboxylic acids is 1. The smallest absolute Gasteiger partial charge is 0.232 e. The number of nitrogens with one attached hydrogen (secondary N) is 1. The Morgan fingerprint density at radius 1 is 1.03 bits per heavy atom. The van der Waals surface area contributed by atoms with E-state index >= 15 is 0 Å². The van der Waals surface area contributed by atoms with Gasteiger partial charge in [-0.1, -0.05) is 20.8 Å². The molecule has 1 aromatic carbocycles. The van der Waals surface area contributed by atoms with Crippen molar-refractivity contribution in [2.75, 3.05) is 46.2 Å². The summed E-state index contributed by atoms with van der Waals surface area (Å²) < 4.78 is 16.5. The Bertz CT molecular complexity index is 1130. The molecule has 176 valence electrons. The van der Waals surface area contributed by atoms with Crippen LogP contribution in [0.15, 0.2) is 12.1 Å². The highest BCUT2D eigenvalue weighted by Gasteiger charge is 2.73. The third kappa shape index (κ3) is 2.80. The molecule has 1 saturated carbocycles. The second kappa shape index (κ2) is 7.27. The van der Waals surface area contributed by atoms with Crippen LogP contribution in [-0.2, 0) is 20.4 Å². The van der Waals surface area contributed by atoms with Gasteiger partial charge in [0.05, 0.1) is 41.1 Å². The second-order valence-electron chi connectivity index (χ2n) is 10.5. The largest absolute Gasteiger partial charge is 0.454 e. The van der Waals surface area contributed by atoms with Gasteiger partial charge in [0.1, 0.15) is 0 Å². The summed E-state index contributed by atoms with van der Waals surface area (Å²) in [4.78, 5) is 26.4. The highest BCUT2D eigenvalue weighted by molar-refractivity contribution is 5.93. The first-order valence-corrected chi connectivity index (χ1v) is 12.1. The standard InChI is InChI=1S/C25H32N4O4/c1-23(2)24(3)5-6-25(23,22(30)26-7-4-8-29-9-11-31-12-10-29)21-20(24)27-16-13-18-19(33-15-32-18)14-17(16)28-21/h13-14H,4-12,15H2,1-3H3,(H,26,30). The van der Waals surface area contributed by atoms with Gasteiger partial charge in [0, 0.05) is 37.2 Å². The van der Waals surface area contributed by atoms with Gasteiger partial charge in [0.2, 0.25) is 12.7 Å².